The molecule has 18 heavy (non-hydrogen) atoms. The van der Waals surface area contributed by atoms with Crippen molar-refractivity contribution in [1.82, 2.24) is 9.78 Å². The zero-order valence-corrected chi connectivity index (χ0v) is 11.8. The third-order valence-corrected chi connectivity index (χ3v) is 4.82. The molecule has 4 heteroatoms. The van der Waals surface area contributed by atoms with Crippen LogP contribution in [0.5, 0.6) is 0 Å². The number of benzene rings is 1. The third-order valence-electron chi connectivity index (χ3n) is 3.32. The minimum Gasteiger partial charge on any atom is -0.272 e. The van der Waals surface area contributed by atoms with Crippen molar-refractivity contribution < 1.29 is 0 Å². The first-order chi connectivity index (χ1) is 8.74. The maximum Gasteiger partial charge on any atom is 0.0588 e. The highest BCUT2D eigenvalue weighted by molar-refractivity contribution is 7.99. The van der Waals surface area contributed by atoms with Crippen LogP contribution >= 0.6 is 23.4 Å². The second-order valence-corrected chi connectivity index (χ2v) is 6.37. The number of fused-ring (bicyclic) bond motifs is 1. The quantitative estimate of drug-likeness (QED) is 0.788. The number of rotatable bonds is 3. The van der Waals surface area contributed by atoms with Gasteiger partial charge in [0.05, 0.1) is 11.6 Å². The van der Waals surface area contributed by atoms with Crippen molar-refractivity contribution >= 4 is 23.4 Å². The summed E-state index contributed by atoms with van der Waals surface area (Å²) in [4.78, 5) is 1.42. The van der Waals surface area contributed by atoms with Crippen molar-refractivity contribution in [2.75, 3.05) is 5.75 Å². The Balaban J connectivity index is 1.78. The molecule has 0 N–H and O–H groups in total. The van der Waals surface area contributed by atoms with E-state index in [0.29, 0.717) is 5.92 Å². The van der Waals surface area contributed by atoms with Crippen LogP contribution in [0.2, 0.25) is 0 Å². The maximum atomic E-state index is 6.06. The Morgan fingerprint density at radius 3 is 3.11 bits per heavy atom. The molecule has 2 aromatic rings. The molecule has 94 valence electrons. The summed E-state index contributed by atoms with van der Waals surface area (Å²) in [5, 5.41) is 4.43. The van der Waals surface area contributed by atoms with E-state index >= 15 is 0 Å². The van der Waals surface area contributed by atoms with Crippen molar-refractivity contribution in [2.45, 2.75) is 29.7 Å². The summed E-state index contributed by atoms with van der Waals surface area (Å²) in [6.45, 7) is 2.91. The minimum atomic E-state index is 0.0315. The topological polar surface area (TPSA) is 17.8 Å². The minimum absolute atomic E-state index is 0.0315. The molecule has 2 heterocycles. The Morgan fingerprint density at radius 2 is 2.33 bits per heavy atom. The molecule has 2 nitrogen and oxygen atoms in total. The molecule has 1 aliphatic heterocycles. The van der Waals surface area contributed by atoms with Gasteiger partial charge in [-0.15, -0.1) is 23.4 Å². The maximum absolute atomic E-state index is 6.06. The fourth-order valence-corrected chi connectivity index (χ4v) is 3.65. The van der Waals surface area contributed by atoms with Crippen LogP contribution in [0.15, 0.2) is 41.6 Å². The Bertz CT molecular complexity index is 550. The molecule has 0 saturated carbocycles. The van der Waals surface area contributed by atoms with Gasteiger partial charge in [0, 0.05) is 34.9 Å². The average molecular weight is 279 g/mol. The van der Waals surface area contributed by atoms with Gasteiger partial charge in [0.1, 0.15) is 0 Å². The molecule has 0 fully saturated rings. The Kier molecular flexibility index (Phi) is 3.35. The second-order valence-electron chi connectivity index (χ2n) is 4.66. The Morgan fingerprint density at radius 1 is 1.50 bits per heavy atom. The average Bonchev–Trinajstić information content (AvgIpc) is 2.98. The first-order valence-corrected chi connectivity index (χ1v) is 7.54. The van der Waals surface area contributed by atoms with E-state index in [1.165, 1.54) is 10.5 Å². The molecule has 0 saturated heterocycles. The number of halogens is 1. The van der Waals surface area contributed by atoms with Crippen LogP contribution in [0.3, 0.4) is 0 Å². The molecule has 0 bridgehead atoms. The molecule has 3 rings (SSSR count). The number of alkyl halides is 1. The molecule has 0 radical (unpaired) electrons. The van der Waals surface area contributed by atoms with E-state index < -0.39 is 0 Å². The van der Waals surface area contributed by atoms with Gasteiger partial charge in [-0.3, -0.25) is 4.68 Å². The largest absolute Gasteiger partial charge is 0.272 e. The van der Waals surface area contributed by atoms with E-state index in [9.17, 15) is 0 Å². The van der Waals surface area contributed by atoms with Gasteiger partial charge < -0.3 is 0 Å². The molecular formula is C14H15ClN2S. The van der Waals surface area contributed by atoms with E-state index in [1.54, 1.807) is 0 Å². The van der Waals surface area contributed by atoms with Crippen molar-refractivity contribution in [3.63, 3.8) is 0 Å². The molecule has 0 amide bonds. The van der Waals surface area contributed by atoms with Gasteiger partial charge >= 0.3 is 0 Å². The molecular weight excluding hydrogens is 264 g/mol. The molecule has 2 atom stereocenters. The number of thioether (sulfide) groups is 1. The smallest absolute Gasteiger partial charge is 0.0588 e. The fourth-order valence-electron chi connectivity index (χ4n) is 2.29. The van der Waals surface area contributed by atoms with Crippen molar-refractivity contribution in [1.29, 1.82) is 0 Å². The van der Waals surface area contributed by atoms with Crippen LogP contribution in [0.1, 0.15) is 29.3 Å². The lowest BCUT2D eigenvalue weighted by molar-refractivity contribution is 0.549. The van der Waals surface area contributed by atoms with Gasteiger partial charge in [0.15, 0.2) is 0 Å². The predicted molar refractivity (Wildman–Crippen MR) is 76.4 cm³/mol. The van der Waals surface area contributed by atoms with Gasteiger partial charge in [-0.25, -0.2) is 0 Å². The Labute approximate surface area is 116 Å². The number of aromatic nitrogens is 2. The number of nitrogens with zero attached hydrogens (tertiary/aromatic N) is 2. The lowest BCUT2D eigenvalue weighted by atomic mass is 10.0. The summed E-state index contributed by atoms with van der Waals surface area (Å²) < 4.78 is 2.02. The zero-order chi connectivity index (χ0) is 12.5. The van der Waals surface area contributed by atoms with E-state index in [1.807, 2.05) is 29.6 Å². The summed E-state index contributed by atoms with van der Waals surface area (Å²) in [6.07, 6.45) is 3.93. The summed E-state index contributed by atoms with van der Waals surface area (Å²) in [7, 11) is 0. The SMILES string of the molecule is CC(Cl)c1cnn(CC2CSc3ccccc32)c1. The highest BCUT2D eigenvalue weighted by Crippen LogP contribution is 2.40. The molecule has 0 aliphatic carbocycles. The monoisotopic (exact) mass is 278 g/mol. The number of hydrogen-bond acceptors (Lipinski definition) is 2. The van der Waals surface area contributed by atoms with Crippen LogP contribution in [-0.2, 0) is 6.54 Å². The molecule has 1 aromatic carbocycles. The normalized spacial score (nSPS) is 19.8. The number of hydrogen-bond donors (Lipinski definition) is 0. The van der Waals surface area contributed by atoms with Crippen molar-refractivity contribution in [3.8, 4) is 0 Å². The van der Waals surface area contributed by atoms with Gasteiger partial charge in [-0.2, -0.15) is 5.10 Å². The summed E-state index contributed by atoms with van der Waals surface area (Å²) in [6, 6.07) is 8.66. The van der Waals surface area contributed by atoms with Crippen LogP contribution in [0, 0.1) is 0 Å². The highest BCUT2D eigenvalue weighted by atomic mass is 35.5. The van der Waals surface area contributed by atoms with E-state index in [-0.39, 0.29) is 5.38 Å². The van der Waals surface area contributed by atoms with Gasteiger partial charge in [0.2, 0.25) is 0 Å². The van der Waals surface area contributed by atoms with Crippen LogP contribution in [-0.4, -0.2) is 15.5 Å². The van der Waals surface area contributed by atoms with E-state index in [2.05, 4.69) is 35.6 Å². The zero-order valence-electron chi connectivity index (χ0n) is 10.2. The second kappa shape index (κ2) is 4.98. The fraction of sp³-hybridized carbons (Fsp3) is 0.357. The van der Waals surface area contributed by atoms with Crippen LogP contribution in [0.25, 0.3) is 0 Å². The molecule has 1 aromatic heterocycles. The van der Waals surface area contributed by atoms with Gasteiger partial charge in [-0.05, 0) is 18.6 Å². The van der Waals surface area contributed by atoms with E-state index in [0.717, 1.165) is 17.9 Å². The molecule has 1 aliphatic rings. The van der Waals surface area contributed by atoms with Gasteiger partial charge in [-0.1, -0.05) is 18.2 Å². The van der Waals surface area contributed by atoms with Crippen molar-refractivity contribution in [3.05, 3.63) is 47.8 Å². The first-order valence-electron chi connectivity index (χ1n) is 6.12. The van der Waals surface area contributed by atoms with Crippen molar-refractivity contribution in [2.24, 2.45) is 0 Å². The van der Waals surface area contributed by atoms with E-state index in [4.69, 9.17) is 11.6 Å². The summed E-state index contributed by atoms with van der Waals surface area (Å²) in [5.41, 5.74) is 2.55. The van der Waals surface area contributed by atoms with Gasteiger partial charge in [0.25, 0.3) is 0 Å². The van der Waals surface area contributed by atoms with Crippen LogP contribution < -0.4 is 0 Å². The standard InChI is InChI=1S/C14H15ClN2S/c1-10(15)11-6-16-17(7-11)8-12-9-18-14-5-3-2-4-13(12)14/h2-7,10,12H,8-9H2,1H3. The van der Waals surface area contributed by atoms with Crippen LogP contribution in [0.4, 0.5) is 0 Å². The highest BCUT2D eigenvalue weighted by Gasteiger charge is 2.23. The Hall–Kier alpha value is -0.930. The first kappa shape index (κ1) is 12.1. The lowest BCUT2D eigenvalue weighted by Gasteiger charge is -2.10. The summed E-state index contributed by atoms with van der Waals surface area (Å²) >= 11 is 8.00. The molecule has 2 unspecified atom stereocenters. The predicted octanol–water partition coefficient (Wildman–Crippen LogP) is 4.07. The third kappa shape index (κ3) is 2.29. The summed E-state index contributed by atoms with van der Waals surface area (Å²) in [5.74, 6) is 1.70. The molecule has 0 spiro atoms. The lowest BCUT2D eigenvalue weighted by Crippen LogP contribution is -2.09.